The normalized spacial score (nSPS) is 13.3. The molecule has 0 bridgehead atoms. The Hall–Kier alpha value is -0.740. The zero-order chi connectivity index (χ0) is 12.7. The lowest BCUT2D eigenvalue weighted by Crippen LogP contribution is -2.19. The highest BCUT2D eigenvalue weighted by Gasteiger charge is 2.17. The molecule has 0 heterocycles. The molecule has 0 N–H and O–H groups in total. The van der Waals surface area contributed by atoms with Gasteiger partial charge in [0.15, 0.2) is 0 Å². The van der Waals surface area contributed by atoms with Crippen molar-refractivity contribution in [2.75, 3.05) is 12.4 Å². The summed E-state index contributed by atoms with van der Waals surface area (Å²) >= 11 is 0. The van der Waals surface area contributed by atoms with Gasteiger partial charge in [-0.3, -0.25) is 0 Å². The first kappa shape index (κ1) is 14.3. The average molecular weight is 277 g/mol. The molecule has 1 aromatic carbocycles. The lowest BCUT2D eigenvalue weighted by Gasteiger charge is -2.15. The predicted octanol–water partition coefficient (Wildman–Crippen LogP) is 3.05. The average Bonchev–Trinajstić information content (AvgIpc) is 2.26. The van der Waals surface area contributed by atoms with Crippen molar-refractivity contribution < 1.29 is 13.2 Å². The molecule has 3 nitrogen and oxygen atoms in total. The van der Waals surface area contributed by atoms with E-state index in [0.29, 0.717) is 6.61 Å². The minimum atomic E-state index is -3.46. The second-order valence-electron chi connectivity index (χ2n) is 3.98. The van der Waals surface area contributed by atoms with Crippen molar-refractivity contribution in [1.29, 1.82) is 0 Å². The maximum absolute atomic E-state index is 11.0. The second kappa shape index (κ2) is 6.87. The predicted molar refractivity (Wildman–Crippen MR) is 70.0 cm³/mol. The number of ether oxygens (including phenoxy) is 1. The van der Waals surface area contributed by atoms with Crippen molar-refractivity contribution in [3.05, 3.63) is 30.3 Å². The maximum atomic E-state index is 11.0. The van der Waals surface area contributed by atoms with Gasteiger partial charge in [-0.05, 0) is 18.6 Å². The van der Waals surface area contributed by atoms with Crippen LogP contribution in [0.2, 0.25) is 0 Å². The van der Waals surface area contributed by atoms with Gasteiger partial charge >= 0.3 is 0 Å². The summed E-state index contributed by atoms with van der Waals surface area (Å²) in [4.78, 5) is 0. The molecule has 17 heavy (non-hydrogen) atoms. The number of rotatable bonds is 7. The lowest BCUT2D eigenvalue weighted by molar-refractivity contribution is 0.253. The van der Waals surface area contributed by atoms with Gasteiger partial charge < -0.3 is 4.74 Å². The number of hydrogen-bond acceptors (Lipinski definition) is 3. The number of hydrogen-bond donors (Lipinski definition) is 0. The fraction of sp³-hybridized carbons (Fsp3) is 0.500. The third-order valence-electron chi connectivity index (χ3n) is 2.36. The van der Waals surface area contributed by atoms with Crippen molar-refractivity contribution in [1.82, 2.24) is 0 Å². The van der Waals surface area contributed by atoms with Crippen molar-refractivity contribution in [2.45, 2.75) is 19.8 Å². The highest BCUT2D eigenvalue weighted by Crippen LogP contribution is 2.16. The highest BCUT2D eigenvalue weighted by atomic mass is 35.7. The molecule has 1 rings (SSSR count). The standard InChI is InChI=1S/C12H17ClO3S/c1-2-6-11(10-17(13,14)15)9-16-12-7-4-3-5-8-12/h3-5,7-8,11H,2,6,9-10H2,1H3. The molecule has 0 saturated carbocycles. The lowest BCUT2D eigenvalue weighted by atomic mass is 10.1. The summed E-state index contributed by atoms with van der Waals surface area (Å²) in [6.45, 7) is 2.39. The Morgan fingerprint density at radius 1 is 1.29 bits per heavy atom. The Bertz CT molecular complexity index is 417. The van der Waals surface area contributed by atoms with Crippen LogP contribution in [0.4, 0.5) is 0 Å². The Balaban J connectivity index is 2.50. The second-order valence-corrected chi connectivity index (χ2v) is 6.81. The summed E-state index contributed by atoms with van der Waals surface area (Å²) in [7, 11) is 1.80. The third-order valence-corrected chi connectivity index (χ3v) is 3.61. The molecule has 0 aliphatic rings. The van der Waals surface area contributed by atoms with Crippen LogP contribution in [0.15, 0.2) is 30.3 Å². The van der Waals surface area contributed by atoms with Gasteiger partial charge in [-0.25, -0.2) is 8.42 Å². The molecule has 0 radical (unpaired) electrons. The molecule has 0 aliphatic heterocycles. The number of para-hydroxylation sites is 1. The molecular formula is C12H17ClO3S. The molecular weight excluding hydrogens is 260 g/mol. The fourth-order valence-corrected chi connectivity index (χ4v) is 3.00. The van der Waals surface area contributed by atoms with Gasteiger partial charge in [0.25, 0.3) is 0 Å². The van der Waals surface area contributed by atoms with Gasteiger partial charge in [-0.1, -0.05) is 31.5 Å². The minimum Gasteiger partial charge on any atom is -0.493 e. The van der Waals surface area contributed by atoms with Crippen LogP contribution in [0.3, 0.4) is 0 Å². The Labute approximate surface area is 107 Å². The summed E-state index contributed by atoms with van der Waals surface area (Å²) in [5, 5.41) is 0. The summed E-state index contributed by atoms with van der Waals surface area (Å²) in [6, 6.07) is 9.35. The van der Waals surface area contributed by atoms with E-state index >= 15 is 0 Å². The van der Waals surface area contributed by atoms with E-state index in [1.807, 2.05) is 37.3 Å². The summed E-state index contributed by atoms with van der Waals surface area (Å²) < 4.78 is 27.6. The van der Waals surface area contributed by atoms with Crippen LogP contribution in [0.1, 0.15) is 19.8 Å². The van der Waals surface area contributed by atoms with Gasteiger partial charge in [-0.15, -0.1) is 0 Å². The van der Waals surface area contributed by atoms with E-state index in [0.717, 1.165) is 18.6 Å². The molecule has 0 spiro atoms. The topological polar surface area (TPSA) is 43.4 Å². The molecule has 96 valence electrons. The van der Waals surface area contributed by atoms with Crippen LogP contribution in [-0.4, -0.2) is 20.8 Å². The molecule has 5 heteroatoms. The smallest absolute Gasteiger partial charge is 0.232 e. The van der Waals surface area contributed by atoms with Crippen molar-refractivity contribution in [3.8, 4) is 5.75 Å². The zero-order valence-electron chi connectivity index (χ0n) is 9.80. The first-order chi connectivity index (χ1) is 8.01. The number of benzene rings is 1. The van der Waals surface area contributed by atoms with Gasteiger partial charge in [0.05, 0.1) is 12.4 Å². The van der Waals surface area contributed by atoms with Crippen molar-refractivity contribution in [2.24, 2.45) is 5.92 Å². The van der Waals surface area contributed by atoms with Gasteiger partial charge in [0, 0.05) is 16.6 Å². The zero-order valence-corrected chi connectivity index (χ0v) is 11.4. The SMILES string of the molecule is CCCC(COc1ccccc1)CS(=O)(=O)Cl. The van der Waals surface area contributed by atoms with Crippen LogP contribution in [-0.2, 0) is 9.05 Å². The van der Waals surface area contributed by atoms with E-state index in [2.05, 4.69) is 0 Å². The fourth-order valence-electron chi connectivity index (χ4n) is 1.64. The van der Waals surface area contributed by atoms with E-state index in [4.69, 9.17) is 15.4 Å². The summed E-state index contributed by atoms with van der Waals surface area (Å²) in [5.41, 5.74) is 0. The Kier molecular flexibility index (Phi) is 5.78. The van der Waals surface area contributed by atoms with Crippen molar-refractivity contribution in [3.63, 3.8) is 0 Å². The van der Waals surface area contributed by atoms with E-state index in [1.54, 1.807) is 0 Å². The van der Waals surface area contributed by atoms with E-state index in [-0.39, 0.29) is 11.7 Å². The van der Waals surface area contributed by atoms with E-state index in [1.165, 1.54) is 0 Å². The first-order valence-electron chi connectivity index (χ1n) is 5.61. The van der Waals surface area contributed by atoms with Gasteiger partial charge in [-0.2, -0.15) is 0 Å². The van der Waals surface area contributed by atoms with E-state index < -0.39 is 9.05 Å². The molecule has 1 unspecified atom stereocenters. The molecule has 0 saturated heterocycles. The summed E-state index contributed by atoms with van der Waals surface area (Å²) in [5.74, 6) is 0.665. The molecule has 0 fully saturated rings. The summed E-state index contributed by atoms with van der Waals surface area (Å²) in [6.07, 6.45) is 1.70. The molecule has 0 amide bonds. The monoisotopic (exact) mass is 276 g/mol. The van der Waals surface area contributed by atoms with Crippen LogP contribution in [0.5, 0.6) is 5.75 Å². The maximum Gasteiger partial charge on any atom is 0.232 e. The Morgan fingerprint density at radius 3 is 2.47 bits per heavy atom. The third kappa shape index (κ3) is 6.54. The minimum absolute atomic E-state index is 0.0325. The van der Waals surface area contributed by atoms with Gasteiger partial charge in [0.1, 0.15) is 5.75 Å². The van der Waals surface area contributed by atoms with Crippen molar-refractivity contribution >= 4 is 19.7 Å². The number of halogens is 1. The van der Waals surface area contributed by atoms with Gasteiger partial charge in [0.2, 0.25) is 9.05 Å². The van der Waals surface area contributed by atoms with E-state index in [9.17, 15) is 8.42 Å². The quantitative estimate of drug-likeness (QED) is 0.719. The Morgan fingerprint density at radius 2 is 1.94 bits per heavy atom. The largest absolute Gasteiger partial charge is 0.493 e. The molecule has 0 aliphatic carbocycles. The molecule has 1 aromatic rings. The first-order valence-corrected chi connectivity index (χ1v) is 8.09. The van der Waals surface area contributed by atoms with Crippen LogP contribution >= 0.6 is 10.7 Å². The van der Waals surface area contributed by atoms with Crippen LogP contribution < -0.4 is 4.74 Å². The highest BCUT2D eigenvalue weighted by molar-refractivity contribution is 8.13. The molecule has 1 atom stereocenters. The van der Waals surface area contributed by atoms with Crippen LogP contribution in [0, 0.1) is 5.92 Å². The molecule has 0 aromatic heterocycles. The van der Waals surface area contributed by atoms with Crippen LogP contribution in [0.25, 0.3) is 0 Å².